The van der Waals surface area contributed by atoms with E-state index in [1.54, 1.807) is 1.52 Å². The maximum Gasteiger partial charge on any atom is 0.0153 e. The minimum Gasteiger partial charge on any atom is -0.0841 e. The van der Waals surface area contributed by atoms with Crippen LogP contribution in [0.5, 0.6) is 0 Å². The lowest BCUT2D eigenvalue weighted by Gasteiger charge is -1.87. The van der Waals surface area contributed by atoms with Gasteiger partial charge in [-0.3, -0.25) is 0 Å². The SMILES string of the molecule is CC1=IC=CC=I1. The van der Waals surface area contributed by atoms with E-state index in [2.05, 4.69) is 21.1 Å². The van der Waals surface area contributed by atoms with Crippen LogP contribution in [0, 0.1) is 0 Å². The van der Waals surface area contributed by atoms with E-state index in [-0.39, 0.29) is 0 Å². The van der Waals surface area contributed by atoms with Crippen LogP contribution in [0.25, 0.3) is 0 Å². The van der Waals surface area contributed by atoms with E-state index >= 15 is 0 Å². The Labute approximate surface area is 63.5 Å². The summed E-state index contributed by atoms with van der Waals surface area (Å²) in [5, 5.41) is 0. The van der Waals surface area contributed by atoms with Gasteiger partial charge in [-0.2, -0.15) is 0 Å². The normalized spacial score (nSPS) is 19.3. The minimum atomic E-state index is 0.406. The van der Waals surface area contributed by atoms with Crippen LogP contribution in [0.2, 0.25) is 0 Å². The molecule has 0 saturated carbocycles. The van der Waals surface area contributed by atoms with Gasteiger partial charge in [-0.1, -0.05) is 47.5 Å². The molecule has 1 heterocycles. The van der Waals surface area contributed by atoms with E-state index in [4.69, 9.17) is 0 Å². The molecule has 0 aromatic heterocycles. The Bertz CT molecular complexity index is 142. The molecule has 0 aromatic rings. The lowest BCUT2D eigenvalue weighted by molar-refractivity contribution is 2.14. The zero-order chi connectivity index (χ0) is 5.11. The number of halogens is 2. The summed E-state index contributed by atoms with van der Waals surface area (Å²) in [6, 6.07) is 0. The van der Waals surface area contributed by atoms with Gasteiger partial charge in [0.1, 0.15) is 0 Å². The molecule has 1 aliphatic rings. The summed E-state index contributed by atoms with van der Waals surface area (Å²) in [4.78, 5) is 0. The predicted octanol–water partition coefficient (Wildman–Crippen LogP) is 2.41. The van der Waals surface area contributed by atoms with Crippen LogP contribution < -0.4 is 0 Å². The van der Waals surface area contributed by atoms with E-state index in [0.29, 0.717) is 41.5 Å². The average Bonchev–Trinajstić information content (AvgIpc) is 1.69. The third-order valence-corrected chi connectivity index (χ3v) is 7.00. The highest BCUT2D eigenvalue weighted by Crippen LogP contribution is 2.15. The summed E-state index contributed by atoms with van der Waals surface area (Å²) < 4.78 is 6.45. The third-order valence-electron chi connectivity index (χ3n) is 0.572. The topological polar surface area (TPSA) is 0 Å². The molecule has 0 aromatic carbocycles. The van der Waals surface area contributed by atoms with Gasteiger partial charge in [-0.25, -0.2) is 0 Å². The summed E-state index contributed by atoms with van der Waals surface area (Å²) in [6.45, 7) is 2.29. The zero-order valence-corrected chi connectivity index (χ0v) is 8.30. The van der Waals surface area contributed by atoms with E-state index in [1.807, 2.05) is 0 Å². The molecule has 7 heavy (non-hydrogen) atoms. The molecule has 0 amide bonds. The number of hydrogen-bond donors (Lipinski definition) is 0. The predicted molar refractivity (Wildman–Crippen MR) is 53.9 cm³/mol. The standard InChI is InChI=1S/C5H6I2/c1-5-6-3-2-4-7-5/h2-4H,1H3. The van der Waals surface area contributed by atoms with Crippen molar-refractivity contribution < 1.29 is 0 Å². The molecule has 0 bridgehead atoms. The first-order chi connectivity index (χ1) is 3.39. The maximum absolute atomic E-state index is 2.33. The van der Waals surface area contributed by atoms with Crippen molar-refractivity contribution >= 4 is 47.0 Å². The molecule has 40 valence electrons. The molecule has 0 unspecified atom stereocenters. The number of hydrogen-bond acceptors (Lipinski definition) is 0. The highest BCUT2D eigenvalue weighted by molar-refractivity contribution is 14.3. The van der Waals surface area contributed by atoms with Crippen molar-refractivity contribution in [3.63, 3.8) is 0 Å². The summed E-state index contributed by atoms with van der Waals surface area (Å²) >= 11 is 0.811. The molecule has 0 fully saturated rings. The Hall–Kier alpha value is 0.940. The van der Waals surface area contributed by atoms with E-state index < -0.39 is 0 Å². The van der Waals surface area contributed by atoms with Crippen molar-refractivity contribution in [3.05, 3.63) is 10.2 Å². The van der Waals surface area contributed by atoms with Crippen LogP contribution in [0.15, 0.2) is 10.2 Å². The van der Waals surface area contributed by atoms with Crippen molar-refractivity contribution in [3.8, 4) is 0 Å². The van der Waals surface area contributed by atoms with Gasteiger partial charge in [0.2, 0.25) is 0 Å². The van der Waals surface area contributed by atoms with Crippen LogP contribution >= 0.6 is 41.5 Å². The Morgan fingerprint density at radius 3 is 2.71 bits per heavy atom. The van der Waals surface area contributed by atoms with Gasteiger partial charge in [-0.15, -0.1) is 0 Å². The summed E-state index contributed by atoms with van der Waals surface area (Å²) in [5.74, 6) is 0. The molecule has 0 atom stereocenters. The molecule has 0 saturated heterocycles. The van der Waals surface area contributed by atoms with Gasteiger partial charge >= 0.3 is 0 Å². The second kappa shape index (κ2) is 3.06. The Morgan fingerprint density at radius 1 is 1.57 bits per heavy atom. The molecule has 0 radical (unpaired) electrons. The van der Waals surface area contributed by atoms with E-state index in [9.17, 15) is 0 Å². The smallest absolute Gasteiger partial charge is 0.0153 e. The lowest BCUT2D eigenvalue weighted by atomic mass is 10.8. The van der Waals surface area contributed by atoms with Crippen molar-refractivity contribution in [2.24, 2.45) is 0 Å². The molecule has 0 N–H and O–H groups in total. The highest BCUT2D eigenvalue weighted by atomic mass is 127. The van der Waals surface area contributed by atoms with Crippen LogP contribution in [0.3, 0.4) is 0 Å². The van der Waals surface area contributed by atoms with Crippen molar-refractivity contribution in [1.82, 2.24) is 0 Å². The average molecular weight is 320 g/mol. The van der Waals surface area contributed by atoms with Crippen molar-refractivity contribution in [2.75, 3.05) is 0 Å². The zero-order valence-electron chi connectivity index (χ0n) is 3.99. The number of allylic oxidation sites excluding steroid dienone is 1. The minimum absolute atomic E-state index is 0.406. The van der Waals surface area contributed by atoms with Gasteiger partial charge < -0.3 is 0 Å². The summed E-state index contributed by atoms with van der Waals surface area (Å²) in [7, 11) is 0. The van der Waals surface area contributed by atoms with Gasteiger partial charge in [-0.05, 0) is 15.0 Å². The van der Waals surface area contributed by atoms with Crippen LogP contribution in [-0.4, -0.2) is 5.53 Å². The summed E-state index contributed by atoms with van der Waals surface area (Å²) in [6.07, 6.45) is 2.23. The fourth-order valence-electron chi connectivity index (χ4n) is 0.298. The Balaban J connectivity index is 2.82. The summed E-state index contributed by atoms with van der Waals surface area (Å²) in [5.41, 5.74) is 0. The quantitative estimate of drug-likeness (QED) is 0.602. The second-order valence-electron chi connectivity index (χ2n) is 1.11. The first-order valence-electron chi connectivity index (χ1n) is 1.98. The van der Waals surface area contributed by atoms with Gasteiger partial charge in [0.15, 0.2) is 0 Å². The first kappa shape index (κ1) is 6.07. The van der Waals surface area contributed by atoms with Gasteiger partial charge in [0.25, 0.3) is 0 Å². The van der Waals surface area contributed by atoms with Gasteiger partial charge in [0, 0.05) is 1.52 Å². The van der Waals surface area contributed by atoms with Crippen LogP contribution in [-0.2, 0) is 0 Å². The number of rotatable bonds is 0. The molecular weight excluding hydrogens is 314 g/mol. The Kier molecular flexibility index (Phi) is 2.65. The van der Waals surface area contributed by atoms with Crippen molar-refractivity contribution in [2.45, 2.75) is 6.92 Å². The highest BCUT2D eigenvalue weighted by Gasteiger charge is 1.80. The van der Waals surface area contributed by atoms with Crippen LogP contribution in [0.1, 0.15) is 6.92 Å². The molecule has 1 aliphatic heterocycles. The maximum atomic E-state index is 2.33. The third kappa shape index (κ3) is 2.12. The first-order valence-corrected chi connectivity index (χ1v) is 6.63. The van der Waals surface area contributed by atoms with Gasteiger partial charge in [0.05, 0.1) is 0 Å². The molecule has 0 aliphatic carbocycles. The fourth-order valence-corrected chi connectivity index (χ4v) is 5.78. The second-order valence-corrected chi connectivity index (χ2v) is 9.10. The van der Waals surface area contributed by atoms with Crippen LogP contribution in [0.4, 0.5) is 0 Å². The van der Waals surface area contributed by atoms with E-state index in [0.717, 1.165) is 0 Å². The lowest BCUT2D eigenvalue weighted by Crippen LogP contribution is -1.70. The molecule has 0 nitrogen and oxygen atoms in total. The van der Waals surface area contributed by atoms with Crippen molar-refractivity contribution in [1.29, 1.82) is 0 Å². The van der Waals surface area contributed by atoms with E-state index in [1.165, 1.54) is 0 Å². The monoisotopic (exact) mass is 320 g/mol. The largest absolute Gasteiger partial charge is 0.0841 e. The molecule has 0 spiro atoms. The fraction of sp³-hybridized carbons (Fsp3) is 0.200. The molecule has 2 heteroatoms. The molecule has 1 rings (SSSR count). The Morgan fingerprint density at radius 2 is 2.43 bits per heavy atom. The molecular formula is C5H6I2.